The molecule has 0 radical (unpaired) electrons. The third kappa shape index (κ3) is 5.07. The summed E-state index contributed by atoms with van der Waals surface area (Å²) in [5.41, 5.74) is 4.23. The lowest BCUT2D eigenvalue weighted by atomic mass is 10.3. The summed E-state index contributed by atoms with van der Waals surface area (Å²) in [5, 5.41) is 10.8. The fourth-order valence-electron chi connectivity index (χ4n) is 1.46. The minimum Gasteiger partial charge on any atom is -0.352 e. The Morgan fingerprint density at radius 1 is 1.37 bits per heavy atom. The van der Waals surface area contributed by atoms with Crippen molar-refractivity contribution in [3.05, 3.63) is 38.5 Å². The number of halogens is 1. The largest absolute Gasteiger partial charge is 0.352 e. The summed E-state index contributed by atoms with van der Waals surface area (Å²) in [6.45, 7) is 3.58. The van der Waals surface area contributed by atoms with E-state index in [2.05, 4.69) is 37.4 Å². The van der Waals surface area contributed by atoms with Gasteiger partial charge in [0, 0.05) is 18.5 Å². The van der Waals surface area contributed by atoms with Gasteiger partial charge in [-0.25, -0.2) is 4.98 Å². The molecular formula is C12H17IN4S2. The average Bonchev–Trinajstić information content (AvgIpc) is 3.01. The maximum atomic E-state index is 4.23. The monoisotopic (exact) mass is 408 g/mol. The second kappa shape index (κ2) is 8.49. The van der Waals surface area contributed by atoms with Crippen LogP contribution in [0.4, 0.5) is 0 Å². The fourth-order valence-corrected chi connectivity index (χ4v) is 2.84. The Kier molecular flexibility index (Phi) is 7.32. The highest BCUT2D eigenvalue weighted by atomic mass is 127. The fraction of sp³-hybridized carbons (Fsp3) is 0.333. The molecule has 0 unspecified atom stereocenters. The molecule has 0 saturated heterocycles. The first-order chi connectivity index (χ1) is 8.79. The van der Waals surface area contributed by atoms with Crippen LogP contribution < -0.4 is 10.6 Å². The van der Waals surface area contributed by atoms with Crippen LogP contribution in [0, 0.1) is 6.92 Å². The Labute approximate surface area is 138 Å². The number of hydrogen-bond donors (Lipinski definition) is 2. The lowest BCUT2D eigenvalue weighted by Crippen LogP contribution is -2.36. The van der Waals surface area contributed by atoms with Crippen LogP contribution >= 0.6 is 46.7 Å². The zero-order chi connectivity index (χ0) is 12.8. The van der Waals surface area contributed by atoms with E-state index in [9.17, 15) is 0 Å². The zero-order valence-corrected chi connectivity index (χ0v) is 14.8. The summed E-state index contributed by atoms with van der Waals surface area (Å²) in [6, 6.07) is 2.11. The van der Waals surface area contributed by atoms with E-state index >= 15 is 0 Å². The van der Waals surface area contributed by atoms with Gasteiger partial charge >= 0.3 is 0 Å². The Morgan fingerprint density at radius 3 is 2.74 bits per heavy atom. The van der Waals surface area contributed by atoms with E-state index < -0.39 is 0 Å². The summed E-state index contributed by atoms with van der Waals surface area (Å²) < 4.78 is 0. The molecule has 0 atom stereocenters. The van der Waals surface area contributed by atoms with Crippen molar-refractivity contribution in [1.82, 2.24) is 15.6 Å². The van der Waals surface area contributed by atoms with Gasteiger partial charge in [0.2, 0.25) is 0 Å². The first-order valence-corrected chi connectivity index (χ1v) is 7.46. The van der Waals surface area contributed by atoms with E-state index in [0.717, 1.165) is 24.7 Å². The Hall–Kier alpha value is -0.670. The van der Waals surface area contributed by atoms with Crippen LogP contribution in [0.15, 0.2) is 27.3 Å². The van der Waals surface area contributed by atoms with Gasteiger partial charge < -0.3 is 10.6 Å². The number of aliphatic imine (C=N–C) groups is 1. The van der Waals surface area contributed by atoms with Crippen LogP contribution in [0.25, 0.3) is 0 Å². The normalized spacial score (nSPS) is 10.9. The van der Waals surface area contributed by atoms with E-state index in [1.807, 2.05) is 12.4 Å². The molecule has 7 heteroatoms. The first kappa shape index (κ1) is 16.4. The maximum absolute atomic E-state index is 4.23. The molecule has 0 amide bonds. The lowest BCUT2D eigenvalue weighted by molar-refractivity contribution is 0.813. The number of thiophene rings is 1. The van der Waals surface area contributed by atoms with Crippen molar-refractivity contribution in [3.63, 3.8) is 0 Å². The topological polar surface area (TPSA) is 49.3 Å². The average molecular weight is 408 g/mol. The van der Waals surface area contributed by atoms with Gasteiger partial charge in [-0.1, -0.05) is 0 Å². The van der Waals surface area contributed by atoms with Gasteiger partial charge in [-0.05, 0) is 29.3 Å². The molecule has 4 nitrogen and oxygen atoms in total. The molecular weight excluding hydrogens is 391 g/mol. The van der Waals surface area contributed by atoms with Gasteiger partial charge in [0.05, 0.1) is 17.7 Å². The maximum Gasteiger partial charge on any atom is 0.191 e. The number of nitrogens with one attached hydrogen (secondary N) is 2. The predicted octanol–water partition coefficient (Wildman–Crippen LogP) is 3.00. The summed E-state index contributed by atoms with van der Waals surface area (Å²) in [4.78, 5) is 9.67. The van der Waals surface area contributed by atoms with Crippen LogP contribution in [-0.2, 0) is 13.1 Å². The third-order valence-corrected chi connectivity index (χ3v) is 4.19. The lowest BCUT2D eigenvalue weighted by Gasteiger charge is -2.10. The minimum atomic E-state index is 0. The standard InChI is InChI=1S/C12H16N4S2.HI/c1-9-11(18-8-16-9)6-15-12(13-2)14-5-10-3-4-17-7-10;/h3-4,7-8H,5-6H2,1-2H3,(H2,13,14,15);1H. The Balaban J connectivity index is 0.00000180. The second-order valence-corrected chi connectivity index (χ2v) is 5.49. The third-order valence-electron chi connectivity index (χ3n) is 2.52. The molecule has 2 rings (SSSR count). The number of thiazole rings is 1. The molecule has 104 valence electrons. The number of aromatic nitrogens is 1. The van der Waals surface area contributed by atoms with Gasteiger partial charge in [-0.3, -0.25) is 4.99 Å². The van der Waals surface area contributed by atoms with Crippen LogP contribution in [0.1, 0.15) is 16.1 Å². The van der Waals surface area contributed by atoms with Gasteiger partial charge in [0.25, 0.3) is 0 Å². The van der Waals surface area contributed by atoms with Crippen molar-refractivity contribution in [1.29, 1.82) is 0 Å². The molecule has 0 aliphatic carbocycles. The van der Waals surface area contributed by atoms with Gasteiger partial charge in [0.1, 0.15) is 0 Å². The number of hydrogen-bond acceptors (Lipinski definition) is 4. The van der Waals surface area contributed by atoms with E-state index in [1.165, 1.54) is 10.4 Å². The van der Waals surface area contributed by atoms with E-state index in [0.29, 0.717) is 0 Å². The highest BCUT2D eigenvalue weighted by molar-refractivity contribution is 14.0. The molecule has 0 aliphatic rings. The van der Waals surface area contributed by atoms with Crippen LogP contribution in [0.5, 0.6) is 0 Å². The summed E-state index contributed by atoms with van der Waals surface area (Å²) in [7, 11) is 1.78. The van der Waals surface area contributed by atoms with E-state index in [1.54, 1.807) is 29.7 Å². The highest BCUT2D eigenvalue weighted by Gasteiger charge is 2.03. The summed E-state index contributed by atoms with van der Waals surface area (Å²) >= 11 is 3.37. The molecule has 0 spiro atoms. The zero-order valence-electron chi connectivity index (χ0n) is 10.8. The van der Waals surface area contributed by atoms with Gasteiger partial charge in [-0.2, -0.15) is 11.3 Å². The van der Waals surface area contributed by atoms with Gasteiger partial charge in [0.15, 0.2) is 5.96 Å². The highest BCUT2D eigenvalue weighted by Crippen LogP contribution is 2.11. The number of guanidine groups is 1. The Morgan fingerprint density at radius 2 is 2.16 bits per heavy atom. The molecule has 2 N–H and O–H groups in total. The summed E-state index contributed by atoms with van der Waals surface area (Å²) in [5.74, 6) is 0.814. The van der Waals surface area contributed by atoms with Crippen LogP contribution in [0.2, 0.25) is 0 Å². The number of aryl methyl sites for hydroxylation is 1. The molecule has 2 aromatic heterocycles. The molecule has 2 heterocycles. The molecule has 0 bridgehead atoms. The first-order valence-electron chi connectivity index (χ1n) is 5.64. The quantitative estimate of drug-likeness (QED) is 0.465. The minimum absolute atomic E-state index is 0. The van der Waals surface area contributed by atoms with Crippen LogP contribution in [-0.4, -0.2) is 18.0 Å². The Bertz CT molecular complexity index is 508. The summed E-state index contributed by atoms with van der Waals surface area (Å²) in [6.07, 6.45) is 0. The number of rotatable bonds is 4. The van der Waals surface area contributed by atoms with Crippen molar-refractivity contribution in [2.45, 2.75) is 20.0 Å². The smallest absolute Gasteiger partial charge is 0.191 e. The second-order valence-electron chi connectivity index (χ2n) is 3.77. The van der Waals surface area contributed by atoms with E-state index in [-0.39, 0.29) is 24.0 Å². The molecule has 0 saturated carbocycles. The molecule has 19 heavy (non-hydrogen) atoms. The van der Waals surface area contributed by atoms with Crippen molar-refractivity contribution < 1.29 is 0 Å². The number of nitrogens with zero attached hydrogens (tertiary/aromatic N) is 2. The molecule has 2 aromatic rings. The van der Waals surface area contributed by atoms with Crippen molar-refractivity contribution >= 4 is 52.6 Å². The van der Waals surface area contributed by atoms with Crippen molar-refractivity contribution in [2.24, 2.45) is 4.99 Å². The predicted molar refractivity (Wildman–Crippen MR) is 93.6 cm³/mol. The van der Waals surface area contributed by atoms with Crippen molar-refractivity contribution in [3.8, 4) is 0 Å². The van der Waals surface area contributed by atoms with E-state index in [4.69, 9.17) is 0 Å². The molecule has 0 fully saturated rings. The van der Waals surface area contributed by atoms with Gasteiger partial charge in [-0.15, -0.1) is 35.3 Å². The van der Waals surface area contributed by atoms with Crippen LogP contribution in [0.3, 0.4) is 0 Å². The molecule has 0 aromatic carbocycles. The van der Waals surface area contributed by atoms with Crippen molar-refractivity contribution in [2.75, 3.05) is 7.05 Å². The SMILES string of the molecule is CN=C(NCc1ccsc1)NCc1scnc1C.I. The molecule has 0 aliphatic heterocycles.